The Hall–Kier alpha value is -2.16. The lowest BCUT2D eigenvalue weighted by molar-refractivity contribution is 0.330. The summed E-state index contributed by atoms with van der Waals surface area (Å²) >= 11 is 0. The third-order valence-electron chi connectivity index (χ3n) is 2.69. The second-order valence-electron chi connectivity index (χ2n) is 4.16. The molecule has 0 saturated carbocycles. The van der Waals surface area contributed by atoms with Crippen molar-refractivity contribution >= 4 is 11.4 Å². The maximum absolute atomic E-state index is 5.70. The van der Waals surface area contributed by atoms with Gasteiger partial charge in [0.2, 0.25) is 0 Å². The molecule has 0 amide bonds. The van der Waals surface area contributed by atoms with E-state index in [0.717, 1.165) is 29.2 Å². The van der Waals surface area contributed by atoms with Crippen molar-refractivity contribution in [2.75, 3.05) is 24.2 Å². The van der Waals surface area contributed by atoms with Gasteiger partial charge >= 0.3 is 0 Å². The van der Waals surface area contributed by atoms with Crippen molar-refractivity contribution in [1.29, 1.82) is 0 Å². The number of ether oxygens (including phenoxy) is 1. The lowest BCUT2D eigenvalue weighted by atomic mass is 10.2. The molecule has 2 rings (SSSR count). The van der Waals surface area contributed by atoms with E-state index in [2.05, 4.69) is 5.32 Å². The Morgan fingerprint density at radius 1 is 1.06 bits per heavy atom. The fourth-order valence-corrected chi connectivity index (χ4v) is 1.68. The van der Waals surface area contributed by atoms with E-state index in [9.17, 15) is 0 Å². The Labute approximate surface area is 108 Å². The van der Waals surface area contributed by atoms with Gasteiger partial charge in [0.05, 0.1) is 0 Å². The van der Waals surface area contributed by atoms with Crippen LogP contribution in [0.4, 0.5) is 11.4 Å². The summed E-state index contributed by atoms with van der Waals surface area (Å²) in [6.45, 7) is 3.44. The monoisotopic (exact) mass is 242 g/mol. The molecule has 0 bridgehead atoms. The number of hydrogen-bond donors (Lipinski definition) is 2. The van der Waals surface area contributed by atoms with Gasteiger partial charge in [0, 0.05) is 17.9 Å². The molecule has 0 atom stereocenters. The quantitative estimate of drug-likeness (QED) is 0.625. The van der Waals surface area contributed by atoms with Gasteiger partial charge in [-0.05, 0) is 42.8 Å². The van der Waals surface area contributed by atoms with Gasteiger partial charge in [-0.3, -0.25) is 0 Å². The van der Waals surface area contributed by atoms with Crippen LogP contribution in [0.3, 0.4) is 0 Å². The minimum Gasteiger partial charge on any atom is -0.491 e. The summed E-state index contributed by atoms with van der Waals surface area (Å²) in [5.41, 5.74) is 8.61. The average Bonchev–Trinajstić information content (AvgIpc) is 2.39. The summed E-state index contributed by atoms with van der Waals surface area (Å²) in [6, 6.07) is 15.7. The number of anilines is 2. The number of nitrogens with two attached hydrogens (primary N) is 1. The van der Waals surface area contributed by atoms with E-state index < -0.39 is 0 Å². The highest BCUT2D eigenvalue weighted by molar-refractivity contribution is 5.51. The van der Waals surface area contributed by atoms with Crippen LogP contribution in [-0.4, -0.2) is 13.2 Å². The zero-order valence-electron chi connectivity index (χ0n) is 10.5. The predicted octanol–water partition coefficient (Wildman–Crippen LogP) is 3.07. The summed E-state index contributed by atoms with van der Waals surface area (Å²) < 4.78 is 5.70. The first-order valence-electron chi connectivity index (χ1n) is 6.03. The van der Waals surface area contributed by atoms with E-state index >= 15 is 0 Å². The van der Waals surface area contributed by atoms with Gasteiger partial charge in [0.1, 0.15) is 12.4 Å². The molecule has 0 spiro atoms. The number of aryl methyl sites for hydroxylation is 1. The molecule has 0 radical (unpaired) electrons. The molecule has 2 aromatic rings. The fraction of sp³-hybridized carbons (Fsp3) is 0.200. The molecule has 0 saturated heterocycles. The average molecular weight is 242 g/mol. The number of nitrogens with one attached hydrogen (secondary N) is 1. The summed E-state index contributed by atoms with van der Waals surface area (Å²) in [6.07, 6.45) is 0. The molecule has 94 valence electrons. The fourth-order valence-electron chi connectivity index (χ4n) is 1.68. The normalized spacial score (nSPS) is 10.1. The molecule has 0 aliphatic rings. The predicted molar refractivity (Wildman–Crippen MR) is 76.0 cm³/mol. The van der Waals surface area contributed by atoms with Gasteiger partial charge < -0.3 is 15.8 Å². The smallest absolute Gasteiger partial charge is 0.122 e. The van der Waals surface area contributed by atoms with Crippen LogP contribution >= 0.6 is 0 Å². The highest BCUT2D eigenvalue weighted by Gasteiger charge is 1.97. The van der Waals surface area contributed by atoms with Gasteiger partial charge in [-0.1, -0.05) is 18.2 Å². The number of nitrogen functional groups attached to an aromatic ring is 1. The number of para-hydroxylation sites is 1. The van der Waals surface area contributed by atoms with Gasteiger partial charge in [0.25, 0.3) is 0 Å². The van der Waals surface area contributed by atoms with E-state index in [1.165, 1.54) is 0 Å². The Kier molecular flexibility index (Phi) is 4.07. The standard InChI is InChI=1S/C15H18N2O/c1-12-4-2-3-5-15(12)18-11-10-17-14-8-6-13(16)7-9-14/h2-9,17H,10-11,16H2,1H3. The topological polar surface area (TPSA) is 47.3 Å². The molecule has 0 aromatic heterocycles. The van der Waals surface area contributed by atoms with Crippen molar-refractivity contribution in [3.8, 4) is 5.75 Å². The second kappa shape index (κ2) is 5.96. The van der Waals surface area contributed by atoms with Crippen LogP contribution in [0, 0.1) is 6.92 Å². The van der Waals surface area contributed by atoms with E-state index in [1.807, 2.05) is 55.5 Å². The lowest BCUT2D eigenvalue weighted by Gasteiger charge is -2.10. The molecular formula is C15H18N2O. The summed E-state index contributed by atoms with van der Waals surface area (Å²) in [7, 11) is 0. The molecule has 0 aliphatic carbocycles. The van der Waals surface area contributed by atoms with Crippen molar-refractivity contribution in [2.24, 2.45) is 0 Å². The number of benzene rings is 2. The first-order chi connectivity index (χ1) is 8.75. The minimum atomic E-state index is 0.634. The van der Waals surface area contributed by atoms with Crippen molar-refractivity contribution in [1.82, 2.24) is 0 Å². The molecule has 2 aromatic carbocycles. The summed E-state index contributed by atoms with van der Waals surface area (Å²) in [5, 5.41) is 3.28. The number of hydrogen-bond acceptors (Lipinski definition) is 3. The molecule has 0 heterocycles. The first-order valence-corrected chi connectivity index (χ1v) is 6.03. The van der Waals surface area contributed by atoms with Crippen LogP contribution in [0.5, 0.6) is 5.75 Å². The van der Waals surface area contributed by atoms with Crippen LogP contribution in [0.1, 0.15) is 5.56 Å². The van der Waals surface area contributed by atoms with Crippen molar-refractivity contribution < 1.29 is 4.74 Å². The zero-order chi connectivity index (χ0) is 12.8. The molecule has 3 nitrogen and oxygen atoms in total. The molecular weight excluding hydrogens is 224 g/mol. The molecule has 18 heavy (non-hydrogen) atoms. The van der Waals surface area contributed by atoms with Crippen molar-refractivity contribution in [2.45, 2.75) is 6.92 Å². The first kappa shape index (κ1) is 12.3. The van der Waals surface area contributed by atoms with Crippen LogP contribution in [0.15, 0.2) is 48.5 Å². The number of rotatable bonds is 5. The van der Waals surface area contributed by atoms with Gasteiger partial charge in [0.15, 0.2) is 0 Å². The lowest BCUT2D eigenvalue weighted by Crippen LogP contribution is -2.11. The Balaban J connectivity index is 1.76. The van der Waals surface area contributed by atoms with Crippen LogP contribution in [0.25, 0.3) is 0 Å². The van der Waals surface area contributed by atoms with Gasteiger partial charge in [-0.2, -0.15) is 0 Å². The van der Waals surface area contributed by atoms with E-state index in [1.54, 1.807) is 0 Å². The largest absolute Gasteiger partial charge is 0.491 e. The molecule has 0 unspecified atom stereocenters. The Bertz CT molecular complexity index is 494. The molecule has 0 aliphatic heterocycles. The zero-order valence-corrected chi connectivity index (χ0v) is 10.5. The van der Waals surface area contributed by atoms with Gasteiger partial charge in [-0.25, -0.2) is 0 Å². The van der Waals surface area contributed by atoms with Crippen molar-refractivity contribution in [3.63, 3.8) is 0 Å². The molecule has 3 N–H and O–H groups in total. The van der Waals surface area contributed by atoms with Gasteiger partial charge in [-0.15, -0.1) is 0 Å². The minimum absolute atomic E-state index is 0.634. The Morgan fingerprint density at radius 3 is 2.50 bits per heavy atom. The summed E-state index contributed by atoms with van der Waals surface area (Å²) in [5.74, 6) is 0.941. The van der Waals surface area contributed by atoms with Crippen molar-refractivity contribution in [3.05, 3.63) is 54.1 Å². The maximum Gasteiger partial charge on any atom is 0.122 e. The highest BCUT2D eigenvalue weighted by atomic mass is 16.5. The second-order valence-corrected chi connectivity index (χ2v) is 4.16. The third kappa shape index (κ3) is 3.42. The van der Waals surface area contributed by atoms with E-state index in [-0.39, 0.29) is 0 Å². The highest BCUT2D eigenvalue weighted by Crippen LogP contribution is 2.16. The molecule has 3 heteroatoms. The van der Waals surface area contributed by atoms with Crippen LogP contribution < -0.4 is 15.8 Å². The Morgan fingerprint density at radius 2 is 1.78 bits per heavy atom. The van der Waals surface area contributed by atoms with Crippen LogP contribution in [0.2, 0.25) is 0 Å². The SMILES string of the molecule is Cc1ccccc1OCCNc1ccc(N)cc1. The van der Waals surface area contributed by atoms with E-state index in [0.29, 0.717) is 6.61 Å². The maximum atomic E-state index is 5.70. The summed E-state index contributed by atoms with van der Waals surface area (Å²) in [4.78, 5) is 0. The van der Waals surface area contributed by atoms with Crippen LogP contribution in [-0.2, 0) is 0 Å². The third-order valence-corrected chi connectivity index (χ3v) is 2.69. The van der Waals surface area contributed by atoms with E-state index in [4.69, 9.17) is 10.5 Å². The molecule has 0 fully saturated rings.